The van der Waals surface area contributed by atoms with Crippen LogP contribution in [0, 0.1) is 0 Å². The minimum Gasteiger partial charge on any atom is -0.269 e. The maximum atomic E-state index is 4.45. The van der Waals surface area contributed by atoms with Crippen LogP contribution in [0.3, 0.4) is 0 Å². The predicted octanol–water partition coefficient (Wildman–Crippen LogP) is 3.51. The van der Waals surface area contributed by atoms with Crippen molar-refractivity contribution in [2.24, 2.45) is 9.98 Å². The summed E-state index contributed by atoms with van der Waals surface area (Å²) in [7, 11) is 0. The van der Waals surface area contributed by atoms with E-state index in [0.717, 1.165) is 25.7 Å². The zero-order valence-electron chi connectivity index (χ0n) is 9.03. The monoisotopic (exact) mass is 190 g/mol. The van der Waals surface area contributed by atoms with E-state index < -0.39 is 0 Å². The van der Waals surface area contributed by atoms with Gasteiger partial charge in [0.05, 0.1) is 0 Å². The summed E-state index contributed by atoms with van der Waals surface area (Å²) >= 11 is 0. The Morgan fingerprint density at radius 2 is 2.43 bits per heavy atom. The van der Waals surface area contributed by atoms with Crippen molar-refractivity contribution < 1.29 is 0 Å². The first-order chi connectivity index (χ1) is 6.88. The molecule has 0 atom stereocenters. The van der Waals surface area contributed by atoms with Crippen LogP contribution < -0.4 is 0 Å². The van der Waals surface area contributed by atoms with Gasteiger partial charge in [-0.05, 0) is 31.3 Å². The lowest BCUT2D eigenvalue weighted by molar-refractivity contribution is 1.03. The molecule has 1 aliphatic heterocycles. The average molecular weight is 190 g/mol. The molecular weight excluding hydrogens is 172 g/mol. The third-order valence-corrected chi connectivity index (χ3v) is 2.16. The van der Waals surface area contributed by atoms with Crippen LogP contribution in [0.15, 0.2) is 34.0 Å². The summed E-state index contributed by atoms with van der Waals surface area (Å²) < 4.78 is 0. The number of rotatable bonds is 4. The third kappa shape index (κ3) is 3.29. The molecule has 0 aliphatic carbocycles. The zero-order chi connectivity index (χ0) is 10.2. The average Bonchev–Trinajstić information content (AvgIpc) is 2.26. The summed E-state index contributed by atoms with van der Waals surface area (Å²) in [6.07, 6.45) is 12.0. The first-order valence-corrected chi connectivity index (χ1v) is 5.31. The molecule has 14 heavy (non-hydrogen) atoms. The van der Waals surface area contributed by atoms with E-state index in [1.54, 1.807) is 0 Å². The van der Waals surface area contributed by atoms with E-state index in [1.807, 2.05) is 18.6 Å². The number of aliphatic imine (C=N–C) groups is 2. The number of allylic oxidation sites excluding steroid dienone is 2. The SMILES string of the molecule is CC/C=C\N=C(CC)C1=CN=CCC1. The number of nitrogens with zero attached hydrogens (tertiary/aromatic N) is 2. The number of hydrogen-bond donors (Lipinski definition) is 0. The van der Waals surface area contributed by atoms with E-state index in [2.05, 4.69) is 29.9 Å². The molecule has 1 heterocycles. The van der Waals surface area contributed by atoms with Crippen LogP contribution in [0.4, 0.5) is 0 Å². The minimum absolute atomic E-state index is 0.982. The van der Waals surface area contributed by atoms with E-state index >= 15 is 0 Å². The molecular formula is C12H18N2. The first-order valence-electron chi connectivity index (χ1n) is 5.31. The third-order valence-electron chi connectivity index (χ3n) is 2.16. The molecule has 0 radical (unpaired) electrons. The molecule has 0 saturated carbocycles. The van der Waals surface area contributed by atoms with Gasteiger partial charge in [-0.3, -0.25) is 9.98 Å². The molecule has 0 spiro atoms. The van der Waals surface area contributed by atoms with Gasteiger partial charge in [0.15, 0.2) is 0 Å². The van der Waals surface area contributed by atoms with Crippen LogP contribution >= 0.6 is 0 Å². The minimum atomic E-state index is 0.982. The topological polar surface area (TPSA) is 24.7 Å². The predicted molar refractivity (Wildman–Crippen MR) is 63.0 cm³/mol. The van der Waals surface area contributed by atoms with Crippen molar-refractivity contribution in [1.82, 2.24) is 0 Å². The molecule has 0 aromatic rings. The maximum absolute atomic E-state index is 4.45. The van der Waals surface area contributed by atoms with Gasteiger partial charge in [0, 0.05) is 24.3 Å². The lowest BCUT2D eigenvalue weighted by Gasteiger charge is -2.08. The Kier molecular flexibility index (Phi) is 4.90. The van der Waals surface area contributed by atoms with Gasteiger partial charge >= 0.3 is 0 Å². The standard InChI is InChI=1S/C12H18N2/c1-3-5-9-14-12(4-2)11-7-6-8-13-10-11/h5,8-10H,3-4,6-7H2,1-2H3/b9-5-,14-12?. The smallest absolute Gasteiger partial charge is 0.0448 e. The molecule has 0 fully saturated rings. The van der Waals surface area contributed by atoms with E-state index in [9.17, 15) is 0 Å². The summed E-state index contributed by atoms with van der Waals surface area (Å²) in [5.74, 6) is 0. The molecule has 76 valence electrons. The molecule has 2 heteroatoms. The zero-order valence-corrected chi connectivity index (χ0v) is 9.03. The van der Waals surface area contributed by atoms with E-state index in [0.29, 0.717) is 0 Å². The number of hydrogen-bond acceptors (Lipinski definition) is 2. The molecule has 0 saturated heterocycles. The lowest BCUT2D eigenvalue weighted by atomic mass is 10.0. The Hall–Kier alpha value is -1.18. The first kappa shape index (κ1) is 10.9. The Morgan fingerprint density at radius 3 is 3.00 bits per heavy atom. The largest absolute Gasteiger partial charge is 0.269 e. The van der Waals surface area contributed by atoms with Gasteiger partial charge in [-0.2, -0.15) is 0 Å². The lowest BCUT2D eigenvalue weighted by Crippen LogP contribution is -2.03. The van der Waals surface area contributed by atoms with Gasteiger partial charge in [-0.15, -0.1) is 0 Å². The van der Waals surface area contributed by atoms with Crippen molar-refractivity contribution in [1.29, 1.82) is 0 Å². The van der Waals surface area contributed by atoms with Crippen LogP contribution in [0.25, 0.3) is 0 Å². The Labute approximate surface area is 86.2 Å². The molecule has 0 bridgehead atoms. The van der Waals surface area contributed by atoms with E-state index in [-0.39, 0.29) is 0 Å². The van der Waals surface area contributed by atoms with Gasteiger partial charge in [-0.25, -0.2) is 0 Å². The summed E-state index contributed by atoms with van der Waals surface area (Å²) in [6.45, 7) is 4.25. The molecule has 0 N–H and O–H groups in total. The van der Waals surface area contributed by atoms with Gasteiger partial charge in [0.2, 0.25) is 0 Å². The highest BCUT2D eigenvalue weighted by atomic mass is 14.7. The van der Waals surface area contributed by atoms with Crippen molar-refractivity contribution in [3.8, 4) is 0 Å². The van der Waals surface area contributed by atoms with Crippen LogP contribution in [0.2, 0.25) is 0 Å². The van der Waals surface area contributed by atoms with Crippen molar-refractivity contribution in [2.45, 2.75) is 39.5 Å². The van der Waals surface area contributed by atoms with Crippen LogP contribution in [-0.4, -0.2) is 11.9 Å². The molecule has 0 amide bonds. The van der Waals surface area contributed by atoms with Gasteiger partial charge in [-0.1, -0.05) is 19.9 Å². The summed E-state index contributed by atoms with van der Waals surface area (Å²) in [5, 5.41) is 0. The van der Waals surface area contributed by atoms with E-state index in [4.69, 9.17) is 0 Å². The fourth-order valence-corrected chi connectivity index (χ4v) is 1.37. The van der Waals surface area contributed by atoms with Crippen LogP contribution in [-0.2, 0) is 0 Å². The molecule has 1 rings (SSSR count). The quantitative estimate of drug-likeness (QED) is 0.606. The molecule has 0 unspecified atom stereocenters. The molecule has 2 nitrogen and oxygen atoms in total. The second-order valence-corrected chi connectivity index (χ2v) is 3.25. The normalized spacial score (nSPS) is 17.6. The fourth-order valence-electron chi connectivity index (χ4n) is 1.37. The van der Waals surface area contributed by atoms with Crippen LogP contribution in [0.1, 0.15) is 39.5 Å². The fraction of sp³-hybridized carbons (Fsp3) is 0.500. The van der Waals surface area contributed by atoms with Gasteiger partial charge in [0.1, 0.15) is 0 Å². The highest BCUT2D eigenvalue weighted by molar-refractivity contribution is 6.01. The van der Waals surface area contributed by atoms with Crippen molar-refractivity contribution in [3.05, 3.63) is 24.0 Å². The summed E-state index contributed by atoms with van der Waals surface area (Å²) in [4.78, 5) is 8.61. The van der Waals surface area contributed by atoms with Gasteiger partial charge < -0.3 is 0 Å². The summed E-state index contributed by atoms with van der Waals surface area (Å²) in [6, 6.07) is 0. The maximum Gasteiger partial charge on any atom is 0.0448 e. The highest BCUT2D eigenvalue weighted by Crippen LogP contribution is 2.13. The van der Waals surface area contributed by atoms with Crippen molar-refractivity contribution >= 4 is 11.9 Å². The summed E-state index contributed by atoms with van der Waals surface area (Å²) in [5.41, 5.74) is 2.46. The van der Waals surface area contributed by atoms with Gasteiger partial charge in [0.25, 0.3) is 0 Å². The Balaban J connectivity index is 2.70. The molecule has 1 aliphatic rings. The second-order valence-electron chi connectivity index (χ2n) is 3.25. The van der Waals surface area contributed by atoms with Crippen molar-refractivity contribution in [3.63, 3.8) is 0 Å². The molecule has 0 aromatic heterocycles. The Morgan fingerprint density at radius 1 is 1.57 bits per heavy atom. The van der Waals surface area contributed by atoms with Crippen molar-refractivity contribution in [2.75, 3.05) is 0 Å². The Bertz CT molecular complexity index is 283. The van der Waals surface area contributed by atoms with Crippen LogP contribution in [0.5, 0.6) is 0 Å². The molecule has 0 aromatic carbocycles. The second kappa shape index (κ2) is 6.30. The van der Waals surface area contributed by atoms with E-state index in [1.165, 1.54) is 11.3 Å². The highest BCUT2D eigenvalue weighted by Gasteiger charge is 2.05.